The number of aromatic nitrogens is 2. The molecule has 1 heterocycles. The van der Waals surface area contributed by atoms with Gasteiger partial charge in [0.1, 0.15) is 11.6 Å². The second-order valence-electron chi connectivity index (χ2n) is 5.48. The molecule has 0 radical (unpaired) electrons. The first-order chi connectivity index (χ1) is 10.2. The van der Waals surface area contributed by atoms with Crippen molar-refractivity contribution in [1.82, 2.24) is 9.55 Å². The SMILES string of the molecule is CCCc1nc(C(C)COC)c(N)n1Cc1ccccc1. The zero-order chi connectivity index (χ0) is 15.2. The van der Waals surface area contributed by atoms with E-state index >= 15 is 0 Å². The first-order valence-corrected chi connectivity index (χ1v) is 7.55. The average Bonchev–Trinajstić information content (AvgIpc) is 2.78. The largest absolute Gasteiger partial charge is 0.384 e. The van der Waals surface area contributed by atoms with Crippen molar-refractivity contribution in [3.05, 3.63) is 47.4 Å². The van der Waals surface area contributed by atoms with Gasteiger partial charge in [0.25, 0.3) is 0 Å². The highest BCUT2D eigenvalue weighted by Crippen LogP contribution is 2.25. The van der Waals surface area contributed by atoms with E-state index in [9.17, 15) is 0 Å². The van der Waals surface area contributed by atoms with Gasteiger partial charge < -0.3 is 15.0 Å². The summed E-state index contributed by atoms with van der Waals surface area (Å²) < 4.78 is 7.37. The number of methoxy groups -OCH3 is 1. The van der Waals surface area contributed by atoms with Gasteiger partial charge in [0.2, 0.25) is 0 Å². The second-order valence-corrected chi connectivity index (χ2v) is 5.48. The van der Waals surface area contributed by atoms with Crippen LogP contribution in [-0.4, -0.2) is 23.3 Å². The quantitative estimate of drug-likeness (QED) is 0.850. The minimum Gasteiger partial charge on any atom is -0.384 e. The van der Waals surface area contributed by atoms with Crippen LogP contribution in [0.4, 0.5) is 5.82 Å². The lowest BCUT2D eigenvalue weighted by atomic mass is 10.1. The van der Waals surface area contributed by atoms with Crippen LogP contribution in [0.25, 0.3) is 0 Å². The molecule has 0 fully saturated rings. The Morgan fingerprint density at radius 2 is 2.00 bits per heavy atom. The lowest BCUT2D eigenvalue weighted by molar-refractivity contribution is 0.183. The highest BCUT2D eigenvalue weighted by atomic mass is 16.5. The van der Waals surface area contributed by atoms with Gasteiger partial charge >= 0.3 is 0 Å². The van der Waals surface area contributed by atoms with Gasteiger partial charge in [-0.25, -0.2) is 4.98 Å². The third-order valence-corrected chi connectivity index (χ3v) is 3.65. The summed E-state index contributed by atoms with van der Waals surface area (Å²) >= 11 is 0. The van der Waals surface area contributed by atoms with E-state index in [0.717, 1.165) is 36.7 Å². The number of hydrogen-bond acceptors (Lipinski definition) is 3. The fourth-order valence-electron chi connectivity index (χ4n) is 2.58. The van der Waals surface area contributed by atoms with Gasteiger partial charge in [-0.1, -0.05) is 44.2 Å². The minimum absolute atomic E-state index is 0.211. The van der Waals surface area contributed by atoms with Gasteiger partial charge in [-0.05, 0) is 12.0 Å². The summed E-state index contributed by atoms with van der Waals surface area (Å²) in [6.45, 7) is 5.67. The highest BCUT2D eigenvalue weighted by molar-refractivity contribution is 5.41. The topological polar surface area (TPSA) is 53.1 Å². The van der Waals surface area contributed by atoms with Crippen LogP contribution >= 0.6 is 0 Å². The summed E-state index contributed by atoms with van der Waals surface area (Å²) in [5, 5.41) is 0. The van der Waals surface area contributed by atoms with Crippen LogP contribution in [0.1, 0.15) is 43.3 Å². The number of anilines is 1. The molecule has 2 aromatic rings. The minimum atomic E-state index is 0.211. The number of imidazole rings is 1. The van der Waals surface area contributed by atoms with Crippen molar-refractivity contribution >= 4 is 5.82 Å². The Balaban J connectivity index is 2.33. The van der Waals surface area contributed by atoms with Gasteiger partial charge in [0.15, 0.2) is 0 Å². The highest BCUT2D eigenvalue weighted by Gasteiger charge is 2.19. The van der Waals surface area contributed by atoms with E-state index in [-0.39, 0.29) is 5.92 Å². The van der Waals surface area contributed by atoms with E-state index in [1.807, 2.05) is 6.07 Å². The van der Waals surface area contributed by atoms with E-state index in [0.29, 0.717) is 6.61 Å². The third-order valence-electron chi connectivity index (χ3n) is 3.65. The molecule has 0 amide bonds. The van der Waals surface area contributed by atoms with Crippen LogP contribution in [-0.2, 0) is 17.7 Å². The van der Waals surface area contributed by atoms with E-state index < -0.39 is 0 Å². The Morgan fingerprint density at radius 1 is 1.29 bits per heavy atom. The van der Waals surface area contributed by atoms with Gasteiger partial charge in [0.05, 0.1) is 18.8 Å². The Bertz CT molecular complexity index is 563. The van der Waals surface area contributed by atoms with E-state index in [4.69, 9.17) is 15.5 Å². The van der Waals surface area contributed by atoms with Crippen molar-refractivity contribution in [3.63, 3.8) is 0 Å². The fourth-order valence-corrected chi connectivity index (χ4v) is 2.58. The lowest BCUT2D eigenvalue weighted by Crippen LogP contribution is -2.10. The summed E-state index contributed by atoms with van der Waals surface area (Å²) in [5.74, 6) is 2.05. The molecule has 1 aromatic carbocycles. The Labute approximate surface area is 127 Å². The molecular weight excluding hydrogens is 262 g/mol. The molecule has 0 saturated carbocycles. The second kappa shape index (κ2) is 7.27. The number of benzene rings is 1. The van der Waals surface area contributed by atoms with Crippen LogP contribution < -0.4 is 5.73 Å². The molecule has 4 nitrogen and oxygen atoms in total. The maximum absolute atomic E-state index is 6.36. The predicted octanol–water partition coefficient (Wildman–Crippen LogP) is 3.22. The molecular formula is C17H25N3O. The van der Waals surface area contributed by atoms with Crippen molar-refractivity contribution in [1.29, 1.82) is 0 Å². The third kappa shape index (κ3) is 3.64. The molecule has 0 aliphatic carbocycles. The molecule has 1 aromatic heterocycles. The molecule has 1 unspecified atom stereocenters. The van der Waals surface area contributed by atoms with Crippen molar-refractivity contribution in [2.24, 2.45) is 0 Å². The fraction of sp³-hybridized carbons (Fsp3) is 0.471. The first-order valence-electron chi connectivity index (χ1n) is 7.55. The maximum Gasteiger partial charge on any atom is 0.127 e. The van der Waals surface area contributed by atoms with Gasteiger partial charge in [0, 0.05) is 19.4 Å². The standard InChI is InChI=1S/C17H25N3O/c1-4-8-15-19-16(13(2)12-21-3)17(18)20(15)11-14-9-6-5-7-10-14/h5-7,9-10,13H,4,8,11-12,18H2,1-3H3. The van der Waals surface area contributed by atoms with E-state index in [1.54, 1.807) is 7.11 Å². The maximum atomic E-state index is 6.36. The van der Waals surface area contributed by atoms with Crippen molar-refractivity contribution in [2.45, 2.75) is 39.2 Å². The summed E-state index contributed by atoms with van der Waals surface area (Å²) in [6, 6.07) is 10.4. The van der Waals surface area contributed by atoms with Gasteiger partial charge in [-0.2, -0.15) is 0 Å². The van der Waals surface area contributed by atoms with Crippen molar-refractivity contribution in [3.8, 4) is 0 Å². The van der Waals surface area contributed by atoms with E-state index in [1.165, 1.54) is 5.56 Å². The Hall–Kier alpha value is -1.81. The number of aryl methyl sites for hydroxylation is 1. The number of nitrogens with zero attached hydrogens (tertiary/aromatic N) is 2. The summed E-state index contributed by atoms with van der Waals surface area (Å²) in [4.78, 5) is 4.77. The average molecular weight is 287 g/mol. The molecule has 4 heteroatoms. The van der Waals surface area contributed by atoms with Crippen LogP contribution in [0, 0.1) is 0 Å². The first kappa shape index (κ1) is 15.6. The molecule has 2 rings (SSSR count). The van der Waals surface area contributed by atoms with Crippen LogP contribution in [0.3, 0.4) is 0 Å². The van der Waals surface area contributed by atoms with Gasteiger partial charge in [-0.3, -0.25) is 0 Å². The number of ether oxygens (including phenoxy) is 1. The molecule has 114 valence electrons. The Morgan fingerprint density at radius 3 is 2.62 bits per heavy atom. The molecule has 0 spiro atoms. The molecule has 21 heavy (non-hydrogen) atoms. The van der Waals surface area contributed by atoms with Crippen molar-refractivity contribution < 1.29 is 4.74 Å². The normalized spacial score (nSPS) is 12.5. The molecule has 0 aliphatic rings. The molecule has 0 bridgehead atoms. The number of nitrogen functional groups attached to an aromatic ring is 1. The molecule has 0 saturated heterocycles. The molecule has 0 aliphatic heterocycles. The monoisotopic (exact) mass is 287 g/mol. The Kier molecular flexibility index (Phi) is 5.39. The van der Waals surface area contributed by atoms with Crippen molar-refractivity contribution in [2.75, 3.05) is 19.5 Å². The zero-order valence-corrected chi connectivity index (χ0v) is 13.2. The van der Waals surface area contributed by atoms with E-state index in [2.05, 4.69) is 42.7 Å². The van der Waals surface area contributed by atoms with Crippen LogP contribution in [0.2, 0.25) is 0 Å². The summed E-state index contributed by atoms with van der Waals surface area (Å²) in [6.07, 6.45) is 2.00. The molecule has 2 N–H and O–H groups in total. The van der Waals surface area contributed by atoms with Crippen LogP contribution in [0.5, 0.6) is 0 Å². The predicted molar refractivity (Wildman–Crippen MR) is 86.5 cm³/mol. The van der Waals surface area contributed by atoms with Gasteiger partial charge in [-0.15, -0.1) is 0 Å². The summed E-state index contributed by atoms with van der Waals surface area (Å²) in [7, 11) is 1.71. The lowest BCUT2D eigenvalue weighted by Gasteiger charge is -2.11. The number of rotatable bonds is 7. The number of hydrogen-bond donors (Lipinski definition) is 1. The molecule has 1 atom stereocenters. The van der Waals surface area contributed by atoms with Crippen LogP contribution in [0.15, 0.2) is 30.3 Å². The number of nitrogens with two attached hydrogens (primary N) is 1. The smallest absolute Gasteiger partial charge is 0.127 e. The zero-order valence-electron chi connectivity index (χ0n) is 13.2. The summed E-state index contributed by atoms with van der Waals surface area (Å²) in [5.41, 5.74) is 8.55.